The van der Waals surface area contributed by atoms with Crippen molar-refractivity contribution in [3.63, 3.8) is 0 Å². The molecule has 0 bridgehead atoms. The van der Waals surface area contributed by atoms with Crippen LogP contribution in [-0.4, -0.2) is 29.9 Å². The first kappa shape index (κ1) is 13.9. The zero-order valence-corrected chi connectivity index (χ0v) is 11.6. The van der Waals surface area contributed by atoms with Crippen molar-refractivity contribution < 1.29 is 4.79 Å². The van der Waals surface area contributed by atoms with Crippen LogP contribution in [0, 0.1) is 0 Å². The van der Waals surface area contributed by atoms with E-state index in [1.165, 1.54) is 5.56 Å². The lowest BCUT2D eigenvalue weighted by atomic mass is 10.2. The van der Waals surface area contributed by atoms with E-state index in [9.17, 15) is 4.79 Å². The maximum Gasteiger partial charge on any atom is 0.221 e. The first-order valence-electron chi connectivity index (χ1n) is 7.03. The van der Waals surface area contributed by atoms with Gasteiger partial charge in [-0.25, -0.2) is 0 Å². The summed E-state index contributed by atoms with van der Waals surface area (Å²) in [6.07, 6.45) is 2.87. The highest BCUT2D eigenvalue weighted by molar-refractivity contribution is 5.76. The summed E-state index contributed by atoms with van der Waals surface area (Å²) in [5, 5.41) is 3.02. The molecule has 4 heteroatoms. The van der Waals surface area contributed by atoms with Gasteiger partial charge in [-0.15, -0.1) is 0 Å². The summed E-state index contributed by atoms with van der Waals surface area (Å²) in [6.45, 7) is 4.69. The molecule has 3 N–H and O–H groups in total. The van der Waals surface area contributed by atoms with Crippen molar-refractivity contribution in [2.45, 2.75) is 38.8 Å². The molecular weight excluding hydrogens is 238 g/mol. The van der Waals surface area contributed by atoms with Crippen molar-refractivity contribution in [3.8, 4) is 0 Å². The summed E-state index contributed by atoms with van der Waals surface area (Å²) in [4.78, 5) is 13.9. The number of hydrogen-bond donors (Lipinski definition) is 2. The van der Waals surface area contributed by atoms with E-state index in [1.807, 2.05) is 18.2 Å². The second-order valence-electron chi connectivity index (χ2n) is 5.21. The minimum atomic E-state index is 0.175. The summed E-state index contributed by atoms with van der Waals surface area (Å²) in [5.74, 6) is 0.175. The number of hydrogen-bond acceptors (Lipinski definition) is 3. The van der Waals surface area contributed by atoms with Gasteiger partial charge in [-0.1, -0.05) is 19.1 Å². The number of carbonyl (C=O) groups is 1. The summed E-state index contributed by atoms with van der Waals surface area (Å²) in [5.41, 5.74) is 7.77. The van der Waals surface area contributed by atoms with Gasteiger partial charge in [0.25, 0.3) is 0 Å². The molecule has 1 saturated carbocycles. The van der Waals surface area contributed by atoms with Crippen LogP contribution in [0.5, 0.6) is 0 Å². The molecule has 19 heavy (non-hydrogen) atoms. The zero-order chi connectivity index (χ0) is 13.7. The molecule has 0 atom stereocenters. The van der Waals surface area contributed by atoms with Crippen molar-refractivity contribution in [3.05, 3.63) is 29.8 Å². The van der Waals surface area contributed by atoms with Gasteiger partial charge in [-0.05, 0) is 37.1 Å². The standard InChI is InChI=1S/C15H23N3O/c1-2-18(9-8-15(19)17-14-6-7-14)11-12-4-3-5-13(16)10-12/h3-5,10,14H,2,6-9,11,16H2,1H3,(H,17,19). The second kappa shape index (κ2) is 6.57. The van der Waals surface area contributed by atoms with E-state index in [2.05, 4.69) is 23.2 Å². The number of nitrogens with zero attached hydrogens (tertiary/aromatic N) is 1. The SMILES string of the molecule is CCN(CCC(=O)NC1CC1)Cc1cccc(N)c1. The van der Waals surface area contributed by atoms with E-state index in [0.717, 1.165) is 38.2 Å². The minimum Gasteiger partial charge on any atom is -0.399 e. The summed E-state index contributed by atoms with van der Waals surface area (Å²) in [6, 6.07) is 8.38. The van der Waals surface area contributed by atoms with Gasteiger partial charge >= 0.3 is 0 Å². The fourth-order valence-electron chi connectivity index (χ4n) is 2.09. The lowest BCUT2D eigenvalue weighted by molar-refractivity contribution is -0.121. The van der Waals surface area contributed by atoms with E-state index < -0.39 is 0 Å². The van der Waals surface area contributed by atoms with E-state index >= 15 is 0 Å². The Kier molecular flexibility index (Phi) is 4.80. The molecule has 1 aliphatic rings. The predicted molar refractivity (Wildman–Crippen MR) is 77.6 cm³/mol. The zero-order valence-electron chi connectivity index (χ0n) is 11.6. The number of nitrogen functional groups attached to an aromatic ring is 1. The molecule has 0 aromatic heterocycles. The fraction of sp³-hybridized carbons (Fsp3) is 0.533. The number of carbonyl (C=O) groups excluding carboxylic acids is 1. The van der Waals surface area contributed by atoms with Gasteiger partial charge in [0.15, 0.2) is 0 Å². The van der Waals surface area contributed by atoms with Gasteiger partial charge in [0.1, 0.15) is 0 Å². The summed E-state index contributed by atoms with van der Waals surface area (Å²) < 4.78 is 0. The van der Waals surface area contributed by atoms with Gasteiger partial charge in [0.2, 0.25) is 5.91 Å². The highest BCUT2D eigenvalue weighted by atomic mass is 16.1. The van der Waals surface area contributed by atoms with E-state index in [-0.39, 0.29) is 5.91 Å². The Morgan fingerprint density at radius 2 is 2.26 bits per heavy atom. The monoisotopic (exact) mass is 261 g/mol. The number of rotatable bonds is 7. The van der Waals surface area contributed by atoms with E-state index in [0.29, 0.717) is 12.5 Å². The third kappa shape index (κ3) is 4.91. The minimum absolute atomic E-state index is 0.175. The van der Waals surface area contributed by atoms with Gasteiger partial charge < -0.3 is 11.1 Å². The molecule has 1 aliphatic carbocycles. The third-order valence-electron chi connectivity index (χ3n) is 3.40. The van der Waals surface area contributed by atoms with Crippen molar-refractivity contribution in [1.29, 1.82) is 0 Å². The van der Waals surface area contributed by atoms with Gasteiger partial charge in [-0.2, -0.15) is 0 Å². The average Bonchev–Trinajstić information content (AvgIpc) is 3.18. The molecule has 0 spiro atoms. The Morgan fingerprint density at radius 3 is 2.89 bits per heavy atom. The molecule has 104 valence electrons. The van der Waals surface area contributed by atoms with Crippen molar-refractivity contribution in [2.24, 2.45) is 0 Å². The number of nitrogens with two attached hydrogens (primary N) is 1. The Balaban J connectivity index is 1.77. The molecule has 1 fully saturated rings. The molecule has 0 aliphatic heterocycles. The van der Waals surface area contributed by atoms with Crippen LogP contribution in [-0.2, 0) is 11.3 Å². The smallest absolute Gasteiger partial charge is 0.221 e. The van der Waals surface area contributed by atoms with Gasteiger partial charge in [0, 0.05) is 31.2 Å². The topological polar surface area (TPSA) is 58.4 Å². The maximum absolute atomic E-state index is 11.7. The molecule has 0 unspecified atom stereocenters. The second-order valence-corrected chi connectivity index (χ2v) is 5.21. The molecule has 2 rings (SSSR count). The first-order valence-corrected chi connectivity index (χ1v) is 7.03. The Labute approximate surface area is 115 Å². The van der Waals surface area contributed by atoms with Crippen molar-refractivity contribution in [1.82, 2.24) is 10.2 Å². The number of anilines is 1. The molecule has 1 aromatic carbocycles. The largest absolute Gasteiger partial charge is 0.399 e. The number of amides is 1. The molecule has 0 heterocycles. The first-order chi connectivity index (χ1) is 9.17. The van der Waals surface area contributed by atoms with Crippen LogP contribution < -0.4 is 11.1 Å². The highest BCUT2D eigenvalue weighted by Crippen LogP contribution is 2.18. The van der Waals surface area contributed by atoms with Crippen LogP contribution in [0.2, 0.25) is 0 Å². The van der Waals surface area contributed by atoms with E-state index in [4.69, 9.17) is 5.73 Å². The van der Waals surface area contributed by atoms with Gasteiger partial charge in [-0.3, -0.25) is 9.69 Å². The Bertz CT molecular complexity index is 429. The molecular formula is C15H23N3O. The predicted octanol–water partition coefficient (Wildman–Crippen LogP) is 1.76. The quantitative estimate of drug-likeness (QED) is 0.735. The third-order valence-corrected chi connectivity index (χ3v) is 3.40. The molecule has 4 nitrogen and oxygen atoms in total. The molecule has 0 radical (unpaired) electrons. The Hall–Kier alpha value is -1.55. The lowest BCUT2D eigenvalue weighted by Gasteiger charge is -2.20. The van der Waals surface area contributed by atoms with Crippen LogP contribution in [0.4, 0.5) is 5.69 Å². The summed E-state index contributed by atoms with van der Waals surface area (Å²) in [7, 11) is 0. The average molecular weight is 261 g/mol. The fourth-order valence-corrected chi connectivity index (χ4v) is 2.09. The van der Waals surface area contributed by atoms with Crippen LogP contribution in [0.25, 0.3) is 0 Å². The normalized spacial score (nSPS) is 14.6. The number of benzene rings is 1. The van der Waals surface area contributed by atoms with Crippen molar-refractivity contribution >= 4 is 11.6 Å². The Morgan fingerprint density at radius 1 is 1.47 bits per heavy atom. The van der Waals surface area contributed by atoms with E-state index in [1.54, 1.807) is 0 Å². The molecule has 1 aromatic rings. The van der Waals surface area contributed by atoms with Gasteiger partial charge in [0.05, 0.1) is 0 Å². The number of nitrogens with one attached hydrogen (secondary N) is 1. The van der Waals surface area contributed by atoms with Crippen LogP contribution in [0.3, 0.4) is 0 Å². The molecule has 1 amide bonds. The molecule has 0 saturated heterocycles. The maximum atomic E-state index is 11.7. The van der Waals surface area contributed by atoms with Crippen molar-refractivity contribution in [2.75, 3.05) is 18.8 Å². The summed E-state index contributed by atoms with van der Waals surface area (Å²) >= 11 is 0. The lowest BCUT2D eigenvalue weighted by Crippen LogP contribution is -2.31. The van der Waals surface area contributed by atoms with Crippen LogP contribution in [0.1, 0.15) is 31.7 Å². The van der Waals surface area contributed by atoms with Crippen LogP contribution >= 0.6 is 0 Å². The van der Waals surface area contributed by atoms with Crippen LogP contribution in [0.15, 0.2) is 24.3 Å². The highest BCUT2D eigenvalue weighted by Gasteiger charge is 2.23.